The van der Waals surface area contributed by atoms with Gasteiger partial charge in [0.05, 0.1) is 5.25 Å². The summed E-state index contributed by atoms with van der Waals surface area (Å²) in [5.74, 6) is -0.934. The van der Waals surface area contributed by atoms with Crippen LogP contribution in [0, 0.1) is 11.6 Å². The Morgan fingerprint density at radius 3 is 1.61 bits per heavy atom. The van der Waals surface area contributed by atoms with E-state index in [-0.39, 0.29) is 24.0 Å². The van der Waals surface area contributed by atoms with Gasteiger partial charge in [0.1, 0.15) is 11.6 Å². The van der Waals surface area contributed by atoms with Crippen molar-refractivity contribution in [3.8, 4) is 0 Å². The van der Waals surface area contributed by atoms with Crippen molar-refractivity contribution in [1.82, 2.24) is 0 Å². The first kappa shape index (κ1) is 17.6. The summed E-state index contributed by atoms with van der Waals surface area (Å²) in [4.78, 5) is 0. The third-order valence-corrected chi connectivity index (χ3v) is 5.17. The second-order valence-electron chi connectivity index (χ2n) is 5.56. The molecular weight excluding hydrogens is 322 g/mol. The topological polar surface area (TPSA) is 54.4 Å². The number of hydrogen-bond donors (Lipinski definition) is 1. The lowest BCUT2D eigenvalue weighted by Crippen LogP contribution is -2.17. The first-order valence-electron chi connectivity index (χ1n) is 7.24. The van der Waals surface area contributed by atoms with Crippen molar-refractivity contribution in [3.63, 3.8) is 0 Å². The molecule has 0 aliphatic carbocycles. The van der Waals surface area contributed by atoms with Crippen molar-refractivity contribution in [2.24, 2.45) is 0 Å². The Morgan fingerprint density at radius 1 is 0.870 bits per heavy atom. The van der Waals surface area contributed by atoms with Gasteiger partial charge < -0.3 is 0 Å². The third-order valence-electron chi connectivity index (χ3n) is 3.92. The molecule has 1 unspecified atom stereocenters. The third kappa shape index (κ3) is 4.84. The van der Waals surface area contributed by atoms with Gasteiger partial charge in [0, 0.05) is 5.92 Å². The van der Waals surface area contributed by atoms with Gasteiger partial charge in [-0.15, -0.1) is 0 Å². The maximum atomic E-state index is 13.1. The highest BCUT2D eigenvalue weighted by molar-refractivity contribution is 7.86. The van der Waals surface area contributed by atoms with Gasteiger partial charge in [-0.1, -0.05) is 24.3 Å². The van der Waals surface area contributed by atoms with Crippen LogP contribution >= 0.6 is 0 Å². The number of halogens is 2. The number of rotatable bonds is 6. The smallest absolute Gasteiger partial charge is 0.267 e. The summed E-state index contributed by atoms with van der Waals surface area (Å²) in [7, 11) is -4.10. The van der Waals surface area contributed by atoms with Crippen LogP contribution in [0.2, 0.25) is 0 Å². The fourth-order valence-corrected chi connectivity index (χ4v) is 2.90. The van der Waals surface area contributed by atoms with Gasteiger partial charge in [-0.3, -0.25) is 4.55 Å². The van der Waals surface area contributed by atoms with Gasteiger partial charge in [0.15, 0.2) is 0 Å². The molecule has 0 amide bonds. The van der Waals surface area contributed by atoms with E-state index in [2.05, 4.69) is 0 Å². The predicted molar refractivity (Wildman–Crippen MR) is 84.9 cm³/mol. The van der Waals surface area contributed by atoms with Crippen LogP contribution in [0.3, 0.4) is 0 Å². The zero-order chi connectivity index (χ0) is 17.0. The number of hydrogen-bond acceptors (Lipinski definition) is 2. The average molecular weight is 340 g/mol. The highest BCUT2D eigenvalue weighted by Crippen LogP contribution is 2.30. The molecule has 23 heavy (non-hydrogen) atoms. The first-order valence-corrected chi connectivity index (χ1v) is 8.75. The van der Waals surface area contributed by atoms with E-state index >= 15 is 0 Å². The highest BCUT2D eigenvalue weighted by atomic mass is 32.2. The number of benzene rings is 2. The molecule has 2 rings (SSSR count). The molecule has 1 N–H and O–H groups in total. The van der Waals surface area contributed by atoms with Gasteiger partial charge in [0.25, 0.3) is 10.1 Å². The van der Waals surface area contributed by atoms with Crippen LogP contribution in [-0.4, -0.2) is 18.2 Å². The molecule has 0 aromatic heterocycles. The molecule has 0 aliphatic rings. The summed E-state index contributed by atoms with van der Waals surface area (Å²) in [6, 6.07) is 11.8. The largest absolute Gasteiger partial charge is 0.285 e. The fourth-order valence-electron chi connectivity index (χ4n) is 2.47. The van der Waals surface area contributed by atoms with E-state index in [0.717, 1.165) is 11.1 Å². The zero-order valence-electron chi connectivity index (χ0n) is 12.6. The molecule has 6 heteroatoms. The van der Waals surface area contributed by atoms with Crippen molar-refractivity contribution in [2.75, 3.05) is 0 Å². The van der Waals surface area contributed by atoms with E-state index < -0.39 is 15.4 Å². The molecule has 3 nitrogen and oxygen atoms in total. The van der Waals surface area contributed by atoms with Crippen LogP contribution in [0.15, 0.2) is 48.5 Å². The van der Waals surface area contributed by atoms with Gasteiger partial charge in [-0.2, -0.15) is 8.42 Å². The maximum Gasteiger partial charge on any atom is 0.267 e. The summed E-state index contributed by atoms with van der Waals surface area (Å²) >= 11 is 0. The van der Waals surface area contributed by atoms with E-state index in [4.69, 9.17) is 4.55 Å². The van der Waals surface area contributed by atoms with Crippen molar-refractivity contribution in [1.29, 1.82) is 0 Å². The molecule has 0 bridgehead atoms. The second kappa shape index (κ2) is 7.19. The van der Waals surface area contributed by atoms with Crippen LogP contribution in [0.5, 0.6) is 0 Å². The Hall–Kier alpha value is -1.79. The molecule has 0 saturated heterocycles. The Labute approximate surface area is 134 Å². The minimum absolute atomic E-state index is 0.208. The van der Waals surface area contributed by atoms with Gasteiger partial charge in [-0.05, 0) is 55.2 Å². The van der Waals surface area contributed by atoms with Gasteiger partial charge in [-0.25, -0.2) is 8.78 Å². The predicted octanol–water partition coefficient (Wildman–Crippen LogP) is 4.15. The van der Waals surface area contributed by atoms with E-state index in [1.807, 2.05) is 0 Å². The first-order chi connectivity index (χ1) is 10.8. The summed E-state index contributed by atoms with van der Waals surface area (Å²) in [6.45, 7) is 1.43. The fraction of sp³-hybridized carbons (Fsp3) is 0.294. The Balaban J connectivity index is 2.28. The molecule has 0 fully saturated rings. The molecule has 0 saturated carbocycles. The summed E-state index contributed by atoms with van der Waals surface area (Å²) in [5, 5.41) is -0.897. The lowest BCUT2D eigenvalue weighted by atomic mass is 9.87. The van der Waals surface area contributed by atoms with E-state index in [9.17, 15) is 17.2 Å². The Kier molecular flexibility index (Phi) is 5.49. The van der Waals surface area contributed by atoms with Crippen molar-refractivity contribution in [3.05, 3.63) is 71.3 Å². The lowest BCUT2D eigenvalue weighted by Gasteiger charge is -2.19. The van der Waals surface area contributed by atoms with E-state index in [1.54, 1.807) is 24.3 Å². The molecule has 2 aromatic rings. The zero-order valence-corrected chi connectivity index (χ0v) is 13.4. The molecule has 0 radical (unpaired) electrons. The van der Waals surface area contributed by atoms with Crippen LogP contribution in [0.1, 0.15) is 36.8 Å². The van der Waals surface area contributed by atoms with E-state index in [1.165, 1.54) is 31.2 Å². The molecule has 0 spiro atoms. The van der Waals surface area contributed by atoms with Crippen molar-refractivity contribution >= 4 is 10.1 Å². The summed E-state index contributed by atoms with van der Waals surface area (Å²) < 4.78 is 57.6. The van der Waals surface area contributed by atoms with Gasteiger partial charge in [0.2, 0.25) is 0 Å². The molecule has 2 aromatic carbocycles. The Bertz CT molecular complexity index is 695. The molecule has 0 heterocycles. The minimum Gasteiger partial charge on any atom is -0.285 e. The molecule has 0 aliphatic heterocycles. The van der Waals surface area contributed by atoms with Gasteiger partial charge >= 0.3 is 0 Å². The van der Waals surface area contributed by atoms with Crippen molar-refractivity contribution < 1.29 is 21.8 Å². The normalized spacial score (nSPS) is 13.3. The van der Waals surface area contributed by atoms with Crippen LogP contribution in [-0.2, 0) is 10.1 Å². The average Bonchev–Trinajstić information content (AvgIpc) is 2.49. The van der Waals surface area contributed by atoms with E-state index in [0.29, 0.717) is 6.42 Å². The lowest BCUT2D eigenvalue weighted by molar-refractivity contribution is 0.462. The second-order valence-corrected chi connectivity index (χ2v) is 7.39. The van der Waals surface area contributed by atoms with Crippen LogP contribution in [0.25, 0.3) is 0 Å². The quantitative estimate of drug-likeness (QED) is 0.804. The standard InChI is InChI=1S/C17H18F2O3S/c1-12(23(20,21)22)2-11-17(13-3-7-15(18)8-4-13)14-5-9-16(19)10-6-14/h3-10,12,17H,2,11H2,1H3,(H,20,21,22). The summed E-state index contributed by atoms with van der Waals surface area (Å²) in [5.41, 5.74) is 1.61. The molecule has 1 atom stereocenters. The summed E-state index contributed by atoms with van der Waals surface area (Å²) in [6.07, 6.45) is 0.663. The minimum atomic E-state index is -4.10. The SMILES string of the molecule is CC(CCC(c1ccc(F)cc1)c1ccc(F)cc1)S(=O)(=O)O. The Morgan fingerprint density at radius 2 is 1.26 bits per heavy atom. The van der Waals surface area contributed by atoms with Crippen LogP contribution in [0.4, 0.5) is 8.78 Å². The highest BCUT2D eigenvalue weighted by Gasteiger charge is 2.21. The van der Waals surface area contributed by atoms with Crippen LogP contribution < -0.4 is 0 Å². The molecular formula is C17H18F2O3S. The monoisotopic (exact) mass is 340 g/mol. The molecule has 124 valence electrons. The maximum absolute atomic E-state index is 13.1. The van der Waals surface area contributed by atoms with Crippen molar-refractivity contribution in [2.45, 2.75) is 30.9 Å².